The van der Waals surface area contributed by atoms with Gasteiger partial charge in [0.25, 0.3) is 0 Å². The summed E-state index contributed by atoms with van der Waals surface area (Å²) in [6, 6.07) is 3.87. The lowest BCUT2D eigenvalue weighted by molar-refractivity contribution is 0.0652. The number of carboxylic acids is 1. The second-order valence-corrected chi connectivity index (χ2v) is 4.14. The summed E-state index contributed by atoms with van der Waals surface area (Å²) < 4.78 is 23.2. The van der Waals surface area contributed by atoms with Crippen LogP contribution in [-0.4, -0.2) is 23.3 Å². The zero-order valence-electron chi connectivity index (χ0n) is 9.81. The number of hydrogen-bond donors (Lipinski definition) is 1. The van der Waals surface area contributed by atoms with Gasteiger partial charge in [-0.1, -0.05) is 16.8 Å². The standard InChI is InChI=1S/C12H9ClFNO4/c1-18-5-7-8(13)2-6(3-9(7)14)10-4-11(12(16)17)19-15-10/h2-4H,5H2,1H3,(H,16,17). The van der Waals surface area contributed by atoms with Crippen LogP contribution in [0.25, 0.3) is 11.3 Å². The molecule has 19 heavy (non-hydrogen) atoms. The van der Waals surface area contributed by atoms with Crippen LogP contribution in [0.4, 0.5) is 4.39 Å². The average Bonchev–Trinajstić information content (AvgIpc) is 2.83. The fourth-order valence-corrected chi connectivity index (χ4v) is 1.81. The van der Waals surface area contributed by atoms with Crippen LogP contribution in [0.3, 0.4) is 0 Å². The van der Waals surface area contributed by atoms with Crippen LogP contribution in [0.1, 0.15) is 16.1 Å². The Bertz CT molecular complexity index is 603. The summed E-state index contributed by atoms with van der Waals surface area (Å²) in [5.41, 5.74) is 0.760. The highest BCUT2D eigenvalue weighted by Crippen LogP contribution is 2.28. The molecule has 100 valence electrons. The first-order valence-corrected chi connectivity index (χ1v) is 5.58. The predicted molar refractivity (Wildman–Crippen MR) is 64.6 cm³/mol. The smallest absolute Gasteiger partial charge is 0.374 e. The van der Waals surface area contributed by atoms with E-state index in [-0.39, 0.29) is 28.6 Å². The molecule has 0 fully saturated rings. The number of carbonyl (C=O) groups is 1. The third-order valence-electron chi connectivity index (χ3n) is 2.45. The van der Waals surface area contributed by atoms with Crippen LogP contribution in [0, 0.1) is 5.82 Å². The molecule has 0 spiro atoms. The minimum Gasteiger partial charge on any atom is -0.475 e. The summed E-state index contributed by atoms with van der Waals surface area (Å²) in [5, 5.41) is 12.4. The predicted octanol–water partition coefficient (Wildman–Crippen LogP) is 2.98. The second kappa shape index (κ2) is 5.38. The van der Waals surface area contributed by atoms with E-state index in [1.165, 1.54) is 25.3 Å². The molecule has 0 aliphatic carbocycles. The van der Waals surface area contributed by atoms with Gasteiger partial charge in [0.15, 0.2) is 0 Å². The van der Waals surface area contributed by atoms with E-state index in [2.05, 4.69) is 9.68 Å². The van der Waals surface area contributed by atoms with E-state index in [0.717, 1.165) is 0 Å². The van der Waals surface area contributed by atoms with Gasteiger partial charge >= 0.3 is 5.97 Å². The number of ether oxygens (including phenoxy) is 1. The average molecular weight is 286 g/mol. The minimum atomic E-state index is -1.25. The van der Waals surface area contributed by atoms with Gasteiger partial charge in [-0.05, 0) is 12.1 Å². The molecule has 1 N–H and O–H groups in total. The van der Waals surface area contributed by atoms with Gasteiger partial charge in [0.05, 0.1) is 6.61 Å². The van der Waals surface area contributed by atoms with Crippen molar-refractivity contribution in [3.8, 4) is 11.3 Å². The number of rotatable bonds is 4. The first kappa shape index (κ1) is 13.5. The SMILES string of the molecule is COCc1c(F)cc(-c2cc(C(=O)O)on2)cc1Cl. The van der Waals surface area contributed by atoms with Gasteiger partial charge in [0.2, 0.25) is 5.76 Å². The maximum Gasteiger partial charge on any atom is 0.374 e. The zero-order chi connectivity index (χ0) is 14.0. The molecule has 0 bridgehead atoms. The molecule has 1 heterocycles. The number of halogens is 2. The number of hydrogen-bond acceptors (Lipinski definition) is 4. The molecule has 1 aromatic carbocycles. The molecule has 7 heteroatoms. The summed E-state index contributed by atoms with van der Waals surface area (Å²) >= 11 is 5.94. The molecule has 5 nitrogen and oxygen atoms in total. The van der Waals surface area contributed by atoms with Crippen molar-refractivity contribution in [2.75, 3.05) is 7.11 Å². The lowest BCUT2D eigenvalue weighted by Gasteiger charge is -2.06. The highest BCUT2D eigenvalue weighted by Gasteiger charge is 2.16. The van der Waals surface area contributed by atoms with Gasteiger partial charge in [-0.15, -0.1) is 0 Å². The Morgan fingerprint density at radius 1 is 1.53 bits per heavy atom. The van der Waals surface area contributed by atoms with Crippen molar-refractivity contribution in [1.82, 2.24) is 5.16 Å². The summed E-state index contributed by atoms with van der Waals surface area (Å²) in [6.07, 6.45) is 0. The van der Waals surface area contributed by atoms with E-state index in [1.54, 1.807) is 0 Å². The van der Waals surface area contributed by atoms with Gasteiger partial charge < -0.3 is 14.4 Å². The topological polar surface area (TPSA) is 72.6 Å². The van der Waals surface area contributed by atoms with Crippen LogP contribution >= 0.6 is 11.6 Å². The molecule has 2 rings (SSSR count). The summed E-state index contributed by atoms with van der Waals surface area (Å²) in [6.45, 7) is 0.0458. The van der Waals surface area contributed by atoms with Gasteiger partial charge in [-0.25, -0.2) is 9.18 Å². The van der Waals surface area contributed by atoms with Crippen LogP contribution in [0.2, 0.25) is 5.02 Å². The molecule has 0 radical (unpaired) electrons. The van der Waals surface area contributed by atoms with Crippen molar-refractivity contribution in [3.05, 3.63) is 40.4 Å². The largest absolute Gasteiger partial charge is 0.475 e. The Morgan fingerprint density at radius 3 is 2.79 bits per heavy atom. The molecule has 2 aromatic rings. The van der Waals surface area contributed by atoms with E-state index in [0.29, 0.717) is 5.56 Å². The van der Waals surface area contributed by atoms with Crippen molar-refractivity contribution in [2.24, 2.45) is 0 Å². The van der Waals surface area contributed by atoms with Gasteiger partial charge in [0, 0.05) is 29.3 Å². The van der Waals surface area contributed by atoms with E-state index >= 15 is 0 Å². The fraction of sp³-hybridized carbons (Fsp3) is 0.167. The molecule has 0 amide bonds. The van der Waals surface area contributed by atoms with Gasteiger partial charge in [-0.2, -0.15) is 0 Å². The van der Waals surface area contributed by atoms with Gasteiger partial charge in [-0.3, -0.25) is 0 Å². The van der Waals surface area contributed by atoms with Crippen molar-refractivity contribution >= 4 is 17.6 Å². The molecular formula is C12H9ClFNO4. The van der Waals surface area contributed by atoms with Crippen LogP contribution in [0.5, 0.6) is 0 Å². The monoisotopic (exact) mass is 285 g/mol. The van der Waals surface area contributed by atoms with Crippen molar-refractivity contribution in [3.63, 3.8) is 0 Å². The highest BCUT2D eigenvalue weighted by atomic mass is 35.5. The van der Waals surface area contributed by atoms with E-state index in [1.807, 2.05) is 0 Å². The Labute approximate surface area is 112 Å². The quantitative estimate of drug-likeness (QED) is 0.935. The first-order valence-electron chi connectivity index (χ1n) is 5.20. The Hall–Kier alpha value is -1.92. The number of methoxy groups -OCH3 is 1. The number of carboxylic acid groups (broad SMARTS) is 1. The fourth-order valence-electron chi connectivity index (χ4n) is 1.55. The minimum absolute atomic E-state index is 0.0458. The van der Waals surface area contributed by atoms with Gasteiger partial charge in [0.1, 0.15) is 11.5 Å². The second-order valence-electron chi connectivity index (χ2n) is 3.73. The Kier molecular flexibility index (Phi) is 3.82. The summed E-state index contributed by atoms with van der Waals surface area (Å²) in [4.78, 5) is 10.7. The molecule has 1 aromatic heterocycles. The molecule has 0 aliphatic heterocycles. The maximum atomic E-state index is 13.8. The van der Waals surface area contributed by atoms with Crippen molar-refractivity contribution in [2.45, 2.75) is 6.61 Å². The third-order valence-corrected chi connectivity index (χ3v) is 2.78. The lowest BCUT2D eigenvalue weighted by Crippen LogP contribution is -1.95. The molecule has 0 saturated carbocycles. The van der Waals surface area contributed by atoms with Crippen LogP contribution in [0.15, 0.2) is 22.7 Å². The Balaban J connectivity index is 2.42. The van der Waals surface area contributed by atoms with Crippen LogP contribution < -0.4 is 0 Å². The van der Waals surface area contributed by atoms with E-state index in [4.69, 9.17) is 21.4 Å². The first-order chi connectivity index (χ1) is 9.02. The summed E-state index contributed by atoms with van der Waals surface area (Å²) in [7, 11) is 1.43. The zero-order valence-corrected chi connectivity index (χ0v) is 10.6. The number of nitrogens with zero attached hydrogens (tertiary/aromatic N) is 1. The van der Waals surface area contributed by atoms with Crippen molar-refractivity contribution in [1.29, 1.82) is 0 Å². The number of aromatic carboxylic acids is 1. The van der Waals surface area contributed by atoms with Crippen molar-refractivity contribution < 1.29 is 23.6 Å². The molecule has 0 saturated heterocycles. The lowest BCUT2D eigenvalue weighted by atomic mass is 10.1. The normalized spacial score (nSPS) is 10.7. The molecular weight excluding hydrogens is 277 g/mol. The van der Waals surface area contributed by atoms with E-state index in [9.17, 15) is 9.18 Å². The third kappa shape index (κ3) is 2.74. The Morgan fingerprint density at radius 2 is 2.26 bits per heavy atom. The molecule has 0 atom stereocenters. The summed E-state index contributed by atoms with van der Waals surface area (Å²) in [5.74, 6) is -2.13. The molecule has 0 aliphatic rings. The molecule has 0 unspecified atom stereocenters. The maximum absolute atomic E-state index is 13.8. The highest BCUT2D eigenvalue weighted by molar-refractivity contribution is 6.31. The van der Waals surface area contributed by atoms with Crippen LogP contribution in [-0.2, 0) is 11.3 Å². The number of benzene rings is 1. The number of aromatic nitrogens is 1. The van der Waals surface area contributed by atoms with E-state index < -0.39 is 11.8 Å².